The Kier molecular flexibility index (Phi) is 4.39. The topological polar surface area (TPSA) is 66.0 Å². The van der Waals surface area contributed by atoms with Crippen LogP contribution >= 0.6 is 0 Å². The van der Waals surface area contributed by atoms with Gasteiger partial charge in [-0.15, -0.1) is 6.58 Å². The number of benzene rings is 1. The highest BCUT2D eigenvalue weighted by Gasteiger charge is 2.54. The van der Waals surface area contributed by atoms with E-state index in [0.717, 1.165) is 5.56 Å². The quantitative estimate of drug-likeness (QED) is 0.863. The molecule has 124 valence electrons. The summed E-state index contributed by atoms with van der Waals surface area (Å²) in [5.74, 6) is -0.741. The van der Waals surface area contributed by atoms with E-state index in [1.54, 1.807) is 6.08 Å². The summed E-state index contributed by atoms with van der Waals surface area (Å²) >= 11 is 0. The number of nitrogens with one attached hydrogen (secondary N) is 1. The fraction of sp³-hybridized carbons (Fsp3) is 0.471. The Balaban J connectivity index is 1.59. The fourth-order valence-electron chi connectivity index (χ4n) is 2.80. The number of hydrogen-bond acceptors (Lipinski definition) is 5. The van der Waals surface area contributed by atoms with Crippen LogP contribution in [-0.4, -0.2) is 36.4 Å². The zero-order valence-electron chi connectivity index (χ0n) is 13.2. The van der Waals surface area contributed by atoms with E-state index < -0.39 is 30.3 Å². The van der Waals surface area contributed by atoms with Crippen LogP contribution in [0.15, 0.2) is 43.0 Å². The molecule has 0 aliphatic carbocycles. The number of rotatable bonds is 4. The fourth-order valence-corrected chi connectivity index (χ4v) is 2.80. The van der Waals surface area contributed by atoms with Gasteiger partial charge in [0.25, 0.3) is 0 Å². The second-order valence-electron chi connectivity index (χ2n) is 6.04. The molecule has 23 heavy (non-hydrogen) atoms. The van der Waals surface area contributed by atoms with Gasteiger partial charge in [-0.3, -0.25) is 0 Å². The van der Waals surface area contributed by atoms with Gasteiger partial charge in [-0.05, 0) is 19.4 Å². The van der Waals surface area contributed by atoms with Crippen LogP contribution in [0.2, 0.25) is 0 Å². The van der Waals surface area contributed by atoms with Crippen molar-refractivity contribution in [1.29, 1.82) is 0 Å². The minimum Gasteiger partial charge on any atom is -0.445 e. The highest BCUT2D eigenvalue weighted by Crippen LogP contribution is 2.37. The van der Waals surface area contributed by atoms with Gasteiger partial charge in [-0.1, -0.05) is 36.4 Å². The maximum atomic E-state index is 12.1. The predicted molar refractivity (Wildman–Crippen MR) is 82.4 cm³/mol. The van der Waals surface area contributed by atoms with Crippen LogP contribution in [0, 0.1) is 0 Å². The molecule has 0 saturated carbocycles. The first-order valence-electron chi connectivity index (χ1n) is 7.59. The molecule has 0 bridgehead atoms. The molecule has 1 aromatic rings. The smallest absolute Gasteiger partial charge is 0.407 e. The van der Waals surface area contributed by atoms with Crippen molar-refractivity contribution in [3.63, 3.8) is 0 Å². The third kappa shape index (κ3) is 3.55. The van der Waals surface area contributed by atoms with Crippen LogP contribution in [0.3, 0.4) is 0 Å². The summed E-state index contributed by atoms with van der Waals surface area (Å²) in [5.41, 5.74) is 0.921. The minimum atomic E-state index is -0.741. The molecule has 2 aliphatic heterocycles. The first-order valence-corrected chi connectivity index (χ1v) is 7.59. The molecule has 6 heteroatoms. The van der Waals surface area contributed by atoms with Gasteiger partial charge < -0.3 is 24.3 Å². The second-order valence-corrected chi connectivity index (χ2v) is 6.04. The standard InChI is InChI=1S/C17H21NO5/c1-4-12-13(14-15(21-12)23-17(2,3)22-14)18-16(19)20-10-11-8-6-5-7-9-11/h4-9,12-15H,1,10H2,2-3H3,(H,18,19)/t12-,13+,14-,15-/m1/s1. The predicted octanol–water partition coefficient (Wildman–Crippen LogP) is 2.34. The van der Waals surface area contributed by atoms with Gasteiger partial charge >= 0.3 is 6.09 Å². The van der Waals surface area contributed by atoms with Gasteiger partial charge in [0.05, 0.1) is 6.04 Å². The number of fused-ring (bicyclic) bond motifs is 1. The summed E-state index contributed by atoms with van der Waals surface area (Å²) in [6.07, 6.45) is -0.196. The molecule has 2 heterocycles. The number of carbonyl (C=O) groups is 1. The van der Waals surface area contributed by atoms with Crippen molar-refractivity contribution in [3.8, 4) is 0 Å². The highest BCUT2D eigenvalue weighted by atomic mass is 16.8. The molecule has 4 atom stereocenters. The van der Waals surface area contributed by atoms with Gasteiger partial charge in [0, 0.05) is 0 Å². The van der Waals surface area contributed by atoms with Crippen molar-refractivity contribution >= 4 is 6.09 Å². The van der Waals surface area contributed by atoms with Crippen molar-refractivity contribution in [2.24, 2.45) is 0 Å². The second kappa shape index (κ2) is 6.31. The van der Waals surface area contributed by atoms with E-state index in [4.69, 9.17) is 18.9 Å². The Bertz CT molecular complexity index is 574. The summed E-state index contributed by atoms with van der Waals surface area (Å²) in [7, 11) is 0. The van der Waals surface area contributed by atoms with Crippen LogP contribution in [0.1, 0.15) is 19.4 Å². The summed E-state index contributed by atoms with van der Waals surface area (Å²) in [4.78, 5) is 12.1. The van der Waals surface area contributed by atoms with Gasteiger partial charge in [-0.25, -0.2) is 4.79 Å². The molecule has 1 N–H and O–H groups in total. The molecule has 1 aromatic carbocycles. The first-order chi connectivity index (χ1) is 11.0. The summed E-state index contributed by atoms with van der Waals surface area (Å²) in [5, 5.41) is 2.80. The van der Waals surface area contributed by atoms with Gasteiger partial charge in [-0.2, -0.15) is 0 Å². The molecule has 2 saturated heterocycles. The SMILES string of the molecule is C=C[C@H]1O[C@@H]2OC(C)(C)O[C@@H]2[C@H]1NC(=O)OCc1ccccc1. The third-order valence-electron chi connectivity index (χ3n) is 3.82. The molecule has 3 rings (SSSR count). The normalized spacial score (nSPS) is 31.4. The lowest BCUT2D eigenvalue weighted by molar-refractivity contribution is -0.202. The Hall–Kier alpha value is -1.89. The number of ether oxygens (including phenoxy) is 4. The Labute approximate surface area is 135 Å². The van der Waals surface area contributed by atoms with Crippen LogP contribution < -0.4 is 5.32 Å². The van der Waals surface area contributed by atoms with E-state index in [1.807, 2.05) is 44.2 Å². The highest BCUT2D eigenvalue weighted by molar-refractivity contribution is 5.68. The van der Waals surface area contributed by atoms with E-state index in [-0.39, 0.29) is 12.7 Å². The third-order valence-corrected chi connectivity index (χ3v) is 3.82. The van der Waals surface area contributed by atoms with E-state index in [1.165, 1.54) is 0 Å². The molecular weight excluding hydrogens is 298 g/mol. The van der Waals surface area contributed by atoms with Crippen LogP contribution in [0.4, 0.5) is 4.79 Å². The van der Waals surface area contributed by atoms with E-state index in [0.29, 0.717) is 0 Å². The number of amides is 1. The molecule has 0 spiro atoms. The zero-order valence-corrected chi connectivity index (χ0v) is 13.2. The Morgan fingerprint density at radius 3 is 2.78 bits per heavy atom. The lowest BCUT2D eigenvalue weighted by Crippen LogP contribution is -2.47. The molecular formula is C17H21NO5. The summed E-state index contributed by atoms with van der Waals surface area (Å²) in [6.45, 7) is 7.55. The van der Waals surface area contributed by atoms with Crippen LogP contribution in [0.25, 0.3) is 0 Å². The average molecular weight is 319 g/mol. The average Bonchev–Trinajstić information content (AvgIpc) is 2.99. The van der Waals surface area contributed by atoms with Gasteiger partial charge in [0.2, 0.25) is 0 Å². The number of carbonyl (C=O) groups excluding carboxylic acids is 1. The molecule has 1 amide bonds. The van der Waals surface area contributed by atoms with E-state index in [9.17, 15) is 4.79 Å². The van der Waals surface area contributed by atoms with E-state index in [2.05, 4.69) is 11.9 Å². The van der Waals surface area contributed by atoms with Gasteiger partial charge in [0.1, 0.15) is 18.8 Å². The maximum Gasteiger partial charge on any atom is 0.407 e. The molecule has 0 radical (unpaired) electrons. The summed E-state index contributed by atoms with van der Waals surface area (Å²) in [6, 6.07) is 9.09. The molecule has 2 fully saturated rings. The Morgan fingerprint density at radius 2 is 2.09 bits per heavy atom. The minimum absolute atomic E-state index is 0.204. The van der Waals surface area contributed by atoms with Crippen molar-refractivity contribution in [2.45, 2.75) is 50.8 Å². The molecule has 0 unspecified atom stereocenters. The lowest BCUT2D eigenvalue weighted by atomic mass is 10.1. The summed E-state index contributed by atoms with van der Waals surface area (Å²) < 4.78 is 22.4. The molecule has 2 aliphatic rings. The zero-order chi connectivity index (χ0) is 16.4. The van der Waals surface area contributed by atoms with Crippen molar-refractivity contribution in [2.75, 3.05) is 0 Å². The van der Waals surface area contributed by atoms with Crippen molar-refractivity contribution < 1.29 is 23.7 Å². The monoisotopic (exact) mass is 319 g/mol. The first kappa shape index (κ1) is 16.0. The van der Waals surface area contributed by atoms with Crippen LogP contribution in [-0.2, 0) is 25.6 Å². The van der Waals surface area contributed by atoms with Crippen molar-refractivity contribution in [3.05, 3.63) is 48.6 Å². The van der Waals surface area contributed by atoms with Crippen LogP contribution in [0.5, 0.6) is 0 Å². The largest absolute Gasteiger partial charge is 0.445 e. The number of alkyl carbamates (subject to hydrolysis) is 1. The number of hydrogen-bond donors (Lipinski definition) is 1. The van der Waals surface area contributed by atoms with E-state index >= 15 is 0 Å². The van der Waals surface area contributed by atoms with Gasteiger partial charge in [0.15, 0.2) is 12.1 Å². The van der Waals surface area contributed by atoms with Crippen molar-refractivity contribution in [1.82, 2.24) is 5.32 Å². The Morgan fingerprint density at radius 1 is 1.35 bits per heavy atom. The lowest BCUT2D eigenvalue weighted by Gasteiger charge is -2.24. The maximum absolute atomic E-state index is 12.1. The molecule has 0 aromatic heterocycles. The molecule has 6 nitrogen and oxygen atoms in total.